The molecule has 2 atom stereocenters. The third-order valence-corrected chi connectivity index (χ3v) is 4.03. The molecule has 1 saturated carbocycles. The summed E-state index contributed by atoms with van der Waals surface area (Å²) in [6.07, 6.45) is 8.33. The third kappa shape index (κ3) is 3.18. The van der Waals surface area contributed by atoms with E-state index in [4.69, 9.17) is 0 Å². The van der Waals surface area contributed by atoms with Gasteiger partial charge in [-0.05, 0) is 58.5 Å². The molecule has 1 aliphatic heterocycles. The molecule has 15 heavy (non-hydrogen) atoms. The summed E-state index contributed by atoms with van der Waals surface area (Å²) in [5, 5.41) is 3.60. The molecular weight excluding hydrogens is 184 g/mol. The van der Waals surface area contributed by atoms with Gasteiger partial charge in [-0.25, -0.2) is 0 Å². The van der Waals surface area contributed by atoms with Crippen LogP contribution < -0.4 is 5.32 Å². The molecule has 0 aromatic rings. The summed E-state index contributed by atoms with van der Waals surface area (Å²) in [6, 6.07) is 2.58. The Morgan fingerprint density at radius 2 is 2.00 bits per heavy atom. The van der Waals surface area contributed by atoms with Gasteiger partial charge in [-0.1, -0.05) is 6.92 Å². The van der Waals surface area contributed by atoms with Crippen molar-refractivity contribution >= 4 is 0 Å². The van der Waals surface area contributed by atoms with Crippen molar-refractivity contribution in [3.05, 3.63) is 0 Å². The van der Waals surface area contributed by atoms with Gasteiger partial charge >= 0.3 is 0 Å². The average Bonchev–Trinajstić information content (AvgIpc) is 2.99. The van der Waals surface area contributed by atoms with Gasteiger partial charge in [0.15, 0.2) is 0 Å². The van der Waals surface area contributed by atoms with E-state index >= 15 is 0 Å². The summed E-state index contributed by atoms with van der Waals surface area (Å²) in [7, 11) is 0. The fourth-order valence-electron chi connectivity index (χ4n) is 2.82. The minimum Gasteiger partial charge on any atom is -0.314 e. The standard InChI is InChI=1S/C13H26N2/c1-3-13-8-5-11(2)15(13)10-4-9-14-12-6-7-12/h11-14H,3-10H2,1-2H3. The molecule has 2 rings (SSSR count). The Bertz CT molecular complexity index is 189. The predicted octanol–water partition coefficient (Wildman–Crippen LogP) is 2.39. The van der Waals surface area contributed by atoms with Crippen molar-refractivity contribution in [3.63, 3.8) is 0 Å². The molecule has 2 fully saturated rings. The topological polar surface area (TPSA) is 15.3 Å². The van der Waals surface area contributed by atoms with E-state index in [1.54, 1.807) is 0 Å². The van der Waals surface area contributed by atoms with Crippen LogP contribution in [0, 0.1) is 0 Å². The fraction of sp³-hybridized carbons (Fsp3) is 1.00. The largest absolute Gasteiger partial charge is 0.314 e. The summed E-state index contributed by atoms with van der Waals surface area (Å²) in [5.74, 6) is 0. The van der Waals surface area contributed by atoms with E-state index in [0.29, 0.717) is 0 Å². The summed E-state index contributed by atoms with van der Waals surface area (Å²) in [4.78, 5) is 2.73. The molecule has 88 valence electrons. The van der Waals surface area contributed by atoms with Gasteiger partial charge in [0.1, 0.15) is 0 Å². The first-order chi connectivity index (χ1) is 7.31. The van der Waals surface area contributed by atoms with Crippen molar-refractivity contribution in [1.29, 1.82) is 0 Å². The lowest BCUT2D eigenvalue weighted by Gasteiger charge is -2.27. The SMILES string of the molecule is CCC1CCC(C)N1CCCNC1CC1. The number of nitrogens with one attached hydrogen (secondary N) is 1. The van der Waals surface area contributed by atoms with Crippen LogP contribution in [0.3, 0.4) is 0 Å². The second kappa shape index (κ2) is 5.31. The van der Waals surface area contributed by atoms with Gasteiger partial charge in [-0.15, -0.1) is 0 Å². The van der Waals surface area contributed by atoms with E-state index < -0.39 is 0 Å². The average molecular weight is 210 g/mol. The molecule has 0 aromatic heterocycles. The van der Waals surface area contributed by atoms with Gasteiger partial charge in [0.05, 0.1) is 0 Å². The van der Waals surface area contributed by atoms with Crippen LogP contribution in [-0.2, 0) is 0 Å². The maximum atomic E-state index is 3.60. The Balaban J connectivity index is 1.62. The maximum absolute atomic E-state index is 3.60. The lowest BCUT2D eigenvalue weighted by molar-refractivity contribution is 0.196. The van der Waals surface area contributed by atoms with E-state index in [0.717, 1.165) is 18.1 Å². The maximum Gasteiger partial charge on any atom is 0.00960 e. The minimum atomic E-state index is 0.830. The summed E-state index contributed by atoms with van der Waals surface area (Å²) in [5.41, 5.74) is 0. The van der Waals surface area contributed by atoms with Crippen LogP contribution in [0.2, 0.25) is 0 Å². The van der Waals surface area contributed by atoms with Crippen LogP contribution in [0.5, 0.6) is 0 Å². The molecule has 0 radical (unpaired) electrons. The van der Waals surface area contributed by atoms with Gasteiger partial charge in [-0.2, -0.15) is 0 Å². The van der Waals surface area contributed by atoms with Gasteiger partial charge in [0.2, 0.25) is 0 Å². The van der Waals surface area contributed by atoms with Gasteiger partial charge in [0.25, 0.3) is 0 Å². The zero-order chi connectivity index (χ0) is 10.7. The van der Waals surface area contributed by atoms with E-state index in [-0.39, 0.29) is 0 Å². The Kier molecular flexibility index (Phi) is 4.04. The first kappa shape index (κ1) is 11.4. The van der Waals surface area contributed by atoms with Crippen LogP contribution in [0.25, 0.3) is 0 Å². The quantitative estimate of drug-likeness (QED) is 0.677. The molecule has 0 aromatic carbocycles. The highest BCUT2D eigenvalue weighted by Gasteiger charge is 2.28. The summed E-state index contributed by atoms with van der Waals surface area (Å²) >= 11 is 0. The molecule has 1 heterocycles. The second-order valence-electron chi connectivity index (χ2n) is 5.31. The number of rotatable bonds is 6. The molecule has 2 aliphatic rings. The van der Waals surface area contributed by atoms with E-state index in [1.807, 2.05) is 0 Å². The normalized spacial score (nSPS) is 32.4. The van der Waals surface area contributed by atoms with Crippen molar-refractivity contribution in [2.75, 3.05) is 13.1 Å². The molecule has 0 amide bonds. The molecule has 1 saturated heterocycles. The minimum absolute atomic E-state index is 0.830. The lowest BCUT2D eigenvalue weighted by Crippen LogP contribution is -2.36. The van der Waals surface area contributed by atoms with Crippen LogP contribution >= 0.6 is 0 Å². The van der Waals surface area contributed by atoms with Gasteiger partial charge < -0.3 is 5.32 Å². The highest BCUT2D eigenvalue weighted by molar-refractivity contribution is 4.85. The highest BCUT2D eigenvalue weighted by atomic mass is 15.2. The van der Waals surface area contributed by atoms with Crippen LogP contribution in [-0.4, -0.2) is 36.1 Å². The summed E-state index contributed by atoms with van der Waals surface area (Å²) < 4.78 is 0. The van der Waals surface area contributed by atoms with E-state index in [2.05, 4.69) is 24.1 Å². The molecular formula is C13H26N2. The molecule has 2 unspecified atom stereocenters. The Morgan fingerprint density at radius 3 is 2.67 bits per heavy atom. The zero-order valence-electron chi connectivity index (χ0n) is 10.3. The number of likely N-dealkylation sites (tertiary alicyclic amines) is 1. The van der Waals surface area contributed by atoms with Gasteiger partial charge in [0, 0.05) is 18.1 Å². The second-order valence-corrected chi connectivity index (χ2v) is 5.31. The fourth-order valence-corrected chi connectivity index (χ4v) is 2.82. The van der Waals surface area contributed by atoms with E-state index in [9.17, 15) is 0 Å². The third-order valence-electron chi connectivity index (χ3n) is 4.03. The molecule has 0 spiro atoms. The molecule has 1 N–H and O–H groups in total. The van der Waals surface area contributed by atoms with Crippen molar-refractivity contribution in [2.24, 2.45) is 0 Å². The zero-order valence-corrected chi connectivity index (χ0v) is 10.3. The number of hydrogen-bond donors (Lipinski definition) is 1. The summed E-state index contributed by atoms with van der Waals surface area (Å²) in [6.45, 7) is 7.26. The Labute approximate surface area is 94.4 Å². The first-order valence-electron chi connectivity index (χ1n) is 6.80. The monoisotopic (exact) mass is 210 g/mol. The molecule has 1 aliphatic carbocycles. The predicted molar refractivity (Wildman–Crippen MR) is 65.1 cm³/mol. The van der Waals surface area contributed by atoms with Crippen molar-refractivity contribution in [3.8, 4) is 0 Å². The molecule has 2 nitrogen and oxygen atoms in total. The first-order valence-corrected chi connectivity index (χ1v) is 6.80. The Hall–Kier alpha value is -0.0800. The van der Waals surface area contributed by atoms with Gasteiger partial charge in [-0.3, -0.25) is 4.90 Å². The van der Waals surface area contributed by atoms with Crippen LogP contribution in [0.15, 0.2) is 0 Å². The smallest absolute Gasteiger partial charge is 0.00960 e. The highest BCUT2D eigenvalue weighted by Crippen LogP contribution is 2.25. The Morgan fingerprint density at radius 1 is 1.20 bits per heavy atom. The van der Waals surface area contributed by atoms with E-state index in [1.165, 1.54) is 51.6 Å². The molecule has 2 heteroatoms. The van der Waals surface area contributed by atoms with Crippen LogP contribution in [0.4, 0.5) is 0 Å². The number of nitrogens with zero attached hydrogens (tertiary/aromatic N) is 1. The number of hydrogen-bond acceptors (Lipinski definition) is 2. The van der Waals surface area contributed by atoms with Crippen molar-refractivity contribution in [1.82, 2.24) is 10.2 Å². The van der Waals surface area contributed by atoms with Crippen molar-refractivity contribution in [2.45, 2.75) is 70.5 Å². The van der Waals surface area contributed by atoms with Crippen molar-refractivity contribution < 1.29 is 0 Å². The van der Waals surface area contributed by atoms with Crippen LogP contribution in [0.1, 0.15) is 52.4 Å². The molecule has 0 bridgehead atoms. The lowest BCUT2D eigenvalue weighted by atomic mass is 10.1.